The van der Waals surface area contributed by atoms with Gasteiger partial charge in [0.1, 0.15) is 11.4 Å². The Balaban J connectivity index is 1.76. The van der Waals surface area contributed by atoms with Gasteiger partial charge in [-0.2, -0.15) is 5.10 Å². The van der Waals surface area contributed by atoms with E-state index in [-0.39, 0.29) is 18.6 Å². The maximum Gasteiger partial charge on any atom is 0.272 e. The maximum atomic E-state index is 12.8. The molecule has 0 radical (unpaired) electrons. The molecule has 2 aromatic rings. The first-order valence-corrected chi connectivity index (χ1v) is 8.34. The lowest BCUT2D eigenvalue weighted by Crippen LogP contribution is -2.35. The van der Waals surface area contributed by atoms with E-state index < -0.39 is 0 Å². The van der Waals surface area contributed by atoms with E-state index >= 15 is 0 Å². The zero-order valence-corrected chi connectivity index (χ0v) is 13.9. The monoisotopic (exact) mass is 329 g/mol. The minimum absolute atomic E-state index is 0.0166. The molecule has 1 aromatic heterocycles. The van der Waals surface area contributed by atoms with Gasteiger partial charge in [0.25, 0.3) is 5.91 Å². The third-order valence-electron chi connectivity index (χ3n) is 4.51. The van der Waals surface area contributed by atoms with Crippen molar-refractivity contribution >= 4 is 5.91 Å². The van der Waals surface area contributed by atoms with Crippen LogP contribution in [0.2, 0.25) is 0 Å². The van der Waals surface area contributed by atoms with Gasteiger partial charge in [0.2, 0.25) is 0 Å². The zero-order valence-electron chi connectivity index (χ0n) is 13.9. The molecule has 128 valence electrons. The number of carbonyl (C=O) groups excluding carboxylic acids is 1. The third kappa shape index (κ3) is 3.43. The van der Waals surface area contributed by atoms with E-state index in [1.165, 1.54) is 0 Å². The van der Waals surface area contributed by atoms with E-state index in [4.69, 9.17) is 9.84 Å². The summed E-state index contributed by atoms with van der Waals surface area (Å²) in [6.07, 6.45) is 3.59. The Hall–Kier alpha value is -2.34. The van der Waals surface area contributed by atoms with E-state index in [1.54, 1.807) is 13.2 Å². The zero-order chi connectivity index (χ0) is 16.9. The average Bonchev–Trinajstić information content (AvgIpc) is 3.29. The number of ether oxygens (including phenoxy) is 1. The lowest BCUT2D eigenvalue weighted by Gasteiger charge is -2.23. The van der Waals surface area contributed by atoms with Crippen LogP contribution in [0.4, 0.5) is 0 Å². The van der Waals surface area contributed by atoms with Crippen molar-refractivity contribution < 1.29 is 14.6 Å². The number of hydrogen-bond acceptors (Lipinski definition) is 4. The van der Waals surface area contributed by atoms with Crippen LogP contribution in [0.5, 0.6) is 5.75 Å². The number of aliphatic hydroxyl groups is 1. The highest BCUT2D eigenvalue weighted by atomic mass is 16.5. The fraction of sp³-hybridized carbons (Fsp3) is 0.444. The van der Waals surface area contributed by atoms with Gasteiger partial charge in [0.05, 0.1) is 12.8 Å². The Bertz CT molecular complexity index is 698. The highest BCUT2D eigenvalue weighted by Gasteiger charge is 2.29. The number of benzene rings is 1. The number of nitrogens with one attached hydrogen (secondary N) is 1. The molecule has 1 fully saturated rings. The van der Waals surface area contributed by atoms with E-state index in [0.717, 1.165) is 49.2 Å². The van der Waals surface area contributed by atoms with Crippen molar-refractivity contribution in [2.24, 2.45) is 0 Å². The number of nitrogens with zero attached hydrogens (tertiary/aromatic N) is 2. The molecule has 1 atom stereocenters. The second-order valence-electron chi connectivity index (χ2n) is 6.06. The van der Waals surface area contributed by atoms with Crippen molar-refractivity contribution in [3.63, 3.8) is 0 Å². The van der Waals surface area contributed by atoms with Crippen LogP contribution in [-0.4, -0.2) is 52.4 Å². The quantitative estimate of drug-likeness (QED) is 0.853. The number of aliphatic hydroxyl groups excluding tert-OH is 1. The van der Waals surface area contributed by atoms with Crippen molar-refractivity contribution in [2.45, 2.75) is 31.7 Å². The number of carbonyl (C=O) groups is 1. The molecule has 1 saturated heterocycles. The topological polar surface area (TPSA) is 78.5 Å². The second kappa shape index (κ2) is 7.49. The molecule has 3 rings (SSSR count). The standard InChI is InChI=1S/C18H23N3O3/c1-24-15-8-2-5-13(11-15)16-12-17(20-19-16)18(23)21-9-3-6-14(21)7-4-10-22/h2,5,8,11-12,14,22H,3-4,6-7,9-10H2,1H3,(H,19,20). The van der Waals surface area contributed by atoms with Crippen LogP contribution < -0.4 is 4.74 Å². The van der Waals surface area contributed by atoms with Crippen molar-refractivity contribution in [1.82, 2.24) is 15.1 Å². The number of methoxy groups -OCH3 is 1. The smallest absolute Gasteiger partial charge is 0.272 e. The first-order chi connectivity index (χ1) is 11.7. The summed E-state index contributed by atoms with van der Waals surface area (Å²) >= 11 is 0. The lowest BCUT2D eigenvalue weighted by atomic mass is 10.1. The molecule has 1 aliphatic heterocycles. The predicted octanol–water partition coefficient (Wildman–Crippen LogP) is 2.46. The van der Waals surface area contributed by atoms with E-state index in [2.05, 4.69) is 10.2 Å². The van der Waals surface area contributed by atoms with Gasteiger partial charge in [0.15, 0.2) is 0 Å². The van der Waals surface area contributed by atoms with Gasteiger partial charge in [-0.15, -0.1) is 0 Å². The fourth-order valence-electron chi connectivity index (χ4n) is 3.25. The third-order valence-corrected chi connectivity index (χ3v) is 4.51. The van der Waals surface area contributed by atoms with Crippen LogP contribution >= 0.6 is 0 Å². The van der Waals surface area contributed by atoms with Crippen molar-refractivity contribution in [2.75, 3.05) is 20.3 Å². The molecule has 0 bridgehead atoms. The van der Waals surface area contributed by atoms with Gasteiger partial charge in [-0.05, 0) is 43.9 Å². The number of H-pyrrole nitrogens is 1. The van der Waals surface area contributed by atoms with Crippen LogP contribution in [-0.2, 0) is 0 Å². The van der Waals surface area contributed by atoms with Gasteiger partial charge in [-0.25, -0.2) is 0 Å². The number of rotatable bonds is 6. The van der Waals surface area contributed by atoms with Crippen LogP contribution in [0.3, 0.4) is 0 Å². The highest BCUT2D eigenvalue weighted by Crippen LogP contribution is 2.26. The predicted molar refractivity (Wildman–Crippen MR) is 91.0 cm³/mol. The van der Waals surface area contributed by atoms with Gasteiger partial charge >= 0.3 is 0 Å². The molecule has 1 amide bonds. The Morgan fingerprint density at radius 2 is 2.33 bits per heavy atom. The highest BCUT2D eigenvalue weighted by molar-refractivity contribution is 5.93. The molecule has 2 heterocycles. The lowest BCUT2D eigenvalue weighted by molar-refractivity contribution is 0.0718. The first-order valence-electron chi connectivity index (χ1n) is 8.34. The van der Waals surface area contributed by atoms with Crippen molar-refractivity contribution in [1.29, 1.82) is 0 Å². The second-order valence-corrected chi connectivity index (χ2v) is 6.06. The Kier molecular flexibility index (Phi) is 5.15. The van der Waals surface area contributed by atoms with Crippen LogP contribution in [0.1, 0.15) is 36.2 Å². The molecule has 6 nitrogen and oxygen atoms in total. The molecular formula is C18H23N3O3. The van der Waals surface area contributed by atoms with Crippen molar-refractivity contribution in [3.05, 3.63) is 36.0 Å². The fourth-order valence-corrected chi connectivity index (χ4v) is 3.25. The van der Waals surface area contributed by atoms with Gasteiger partial charge < -0.3 is 14.7 Å². The molecule has 1 aliphatic rings. The van der Waals surface area contributed by atoms with Crippen LogP contribution in [0.25, 0.3) is 11.3 Å². The first kappa shape index (κ1) is 16.5. The summed E-state index contributed by atoms with van der Waals surface area (Å²) in [7, 11) is 1.62. The van der Waals surface area contributed by atoms with Crippen molar-refractivity contribution in [3.8, 4) is 17.0 Å². The molecule has 1 unspecified atom stereocenters. The number of aromatic nitrogens is 2. The maximum absolute atomic E-state index is 12.8. The normalized spacial score (nSPS) is 17.2. The molecule has 6 heteroatoms. The molecule has 0 saturated carbocycles. The van der Waals surface area contributed by atoms with E-state index in [0.29, 0.717) is 5.69 Å². The van der Waals surface area contributed by atoms with Crippen LogP contribution in [0.15, 0.2) is 30.3 Å². The molecule has 1 aromatic carbocycles. The van der Waals surface area contributed by atoms with Gasteiger partial charge in [-0.1, -0.05) is 12.1 Å². The van der Waals surface area contributed by atoms with E-state index in [1.807, 2.05) is 29.2 Å². The summed E-state index contributed by atoms with van der Waals surface area (Å²) in [5.41, 5.74) is 2.13. The number of hydrogen-bond donors (Lipinski definition) is 2. The van der Waals surface area contributed by atoms with Gasteiger partial charge in [-0.3, -0.25) is 9.89 Å². The number of amides is 1. The Morgan fingerprint density at radius 1 is 1.46 bits per heavy atom. The van der Waals surface area contributed by atoms with E-state index in [9.17, 15) is 4.79 Å². The summed E-state index contributed by atoms with van der Waals surface area (Å²) in [5, 5.41) is 16.1. The van der Waals surface area contributed by atoms with Crippen LogP contribution in [0, 0.1) is 0 Å². The summed E-state index contributed by atoms with van der Waals surface area (Å²) in [5.74, 6) is 0.740. The molecule has 0 spiro atoms. The molecule has 0 aliphatic carbocycles. The molecular weight excluding hydrogens is 306 g/mol. The minimum atomic E-state index is -0.0166. The Labute approximate surface area is 141 Å². The summed E-state index contributed by atoms with van der Waals surface area (Å²) in [4.78, 5) is 14.7. The minimum Gasteiger partial charge on any atom is -0.497 e. The largest absolute Gasteiger partial charge is 0.497 e. The molecule has 2 N–H and O–H groups in total. The summed E-state index contributed by atoms with van der Waals surface area (Å²) in [6.45, 7) is 0.936. The SMILES string of the molecule is COc1cccc(-c2cc(C(=O)N3CCCC3CCCO)[nH]n2)c1. The average molecular weight is 329 g/mol. The summed E-state index contributed by atoms with van der Waals surface area (Å²) < 4.78 is 5.23. The summed E-state index contributed by atoms with van der Waals surface area (Å²) in [6, 6.07) is 9.61. The van der Waals surface area contributed by atoms with Gasteiger partial charge in [0, 0.05) is 24.8 Å². The number of aromatic amines is 1. The molecule has 24 heavy (non-hydrogen) atoms. The Morgan fingerprint density at radius 3 is 3.12 bits per heavy atom. The number of likely N-dealkylation sites (tertiary alicyclic amines) is 1.